The quantitative estimate of drug-likeness (QED) is 0.0338. The lowest BCUT2D eigenvalue weighted by Crippen LogP contribution is -2.44. The number of hydrogen-bond acceptors (Lipinski definition) is 21. The second-order valence-corrected chi connectivity index (χ2v) is 42.8. The second-order valence-electron chi connectivity index (χ2n) is 32.1. The van der Waals surface area contributed by atoms with Gasteiger partial charge in [-0.2, -0.15) is 0 Å². The predicted octanol–water partition coefficient (Wildman–Crippen LogP) is 24.0. The Kier molecular flexibility index (Phi) is 34.5. The van der Waals surface area contributed by atoms with Crippen LogP contribution in [0.3, 0.4) is 0 Å². The van der Waals surface area contributed by atoms with Gasteiger partial charge in [-0.15, -0.1) is 45.3 Å². The number of thiazole rings is 4. The van der Waals surface area contributed by atoms with Gasteiger partial charge in [-0.25, -0.2) is 19.9 Å². The van der Waals surface area contributed by atoms with Crippen molar-refractivity contribution in [3.05, 3.63) is 254 Å². The van der Waals surface area contributed by atoms with Crippen LogP contribution in [0.15, 0.2) is 224 Å². The summed E-state index contributed by atoms with van der Waals surface area (Å²) in [6, 6.07) is 70.8. The third-order valence-electron chi connectivity index (χ3n) is 22.6. The van der Waals surface area contributed by atoms with Gasteiger partial charge >= 0.3 is 0 Å². The molecule has 126 heavy (non-hydrogen) atoms. The van der Waals surface area contributed by atoms with E-state index in [0.717, 1.165) is 178 Å². The first-order valence-electron chi connectivity index (χ1n) is 42.9. The lowest BCUT2D eigenvalue weighted by atomic mass is 9.96. The summed E-state index contributed by atoms with van der Waals surface area (Å²) >= 11 is 36.8. The largest absolute Gasteiger partial charge is 0.494 e. The number of rotatable bonds is 28. The fourth-order valence-electron chi connectivity index (χ4n) is 16.3. The standard InChI is InChI=1S/2C26H27N3OS2.C23H25Cl2N3O2S2.C22H23Cl2N3OS2.5H2/c2*30-25(18-31-26-28-23-12-3-4-13-24(23)32-26)27-15-19-7-6-14-29(16-19)17-21-10-5-9-20-8-1-2-11-22(20)21;1-2-30-17-4-6-20-21(12-17)32-23(27-20)31-14-22(29)26-16-7-9-28(10-8-16)13-15-3-5-18(24)19(25)11-15;1-14-2-5-19-20(10-14)30-22(26-19)29-13-21(28)25-16-6-8-27(9-7-16)12-15-3-4-17(23)18(24)11-15;;;;;/h2*1-5,8-13,19H,6-7,14-18H2,(H,27,30);3-6,11-12,16H,2,7-10,13-14H2,1H3,(H,26,29);2-5,10-11,16H,6-9,12-13H2,1H3,(H,25,28);5*1H. The van der Waals surface area contributed by atoms with Crippen LogP contribution in [-0.4, -0.2) is 170 Å². The van der Waals surface area contributed by atoms with E-state index < -0.39 is 0 Å². The number of para-hydroxylation sites is 2. The third kappa shape index (κ3) is 27.5. The summed E-state index contributed by atoms with van der Waals surface area (Å²) in [6.45, 7) is 18.0. The number of nitrogens with zero attached hydrogens (tertiary/aromatic N) is 8. The molecule has 4 aromatic heterocycles. The minimum atomic E-state index is 0. The Balaban J connectivity index is 0.000000179. The van der Waals surface area contributed by atoms with Crippen molar-refractivity contribution in [2.75, 3.05) is 95.1 Å². The Morgan fingerprint density at radius 3 is 1.25 bits per heavy atom. The highest BCUT2D eigenvalue weighted by atomic mass is 35.5. The molecule has 4 amide bonds. The van der Waals surface area contributed by atoms with E-state index in [1.54, 1.807) is 45.3 Å². The number of aryl methyl sites for hydroxylation is 1. The first-order chi connectivity index (χ1) is 61.4. The van der Waals surface area contributed by atoms with Gasteiger partial charge in [0.2, 0.25) is 23.6 Å². The molecule has 14 aromatic rings. The minimum absolute atomic E-state index is 0. The van der Waals surface area contributed by atoms with Crippen LogP contribution in [0, 0.1) is 18.8 Å². The maximum atomic E-state index is 12.5. The fourth-order valence-corrected chi connectivity index (χ4v) is 24.6. The molecular weight excluding hydrogens is 1810 g/mol. The number of ether oxygens (including phenoxy) is 1. The molecule has 666 valence electrons. The molecule has 10 aromatic carbocycles. The lowest BCUT2D eigenvalue weighted by molar-refractivity contribution is -0.120. The first-order valence-corrected chi connectivity index (χ1v) is 51.6. The topological polar surface area (TPSA) is 190 Å². The van der Waals surface area contributed by atoms with Gasteiger partial charge in [0, 0.05) is 97.8 Å². The molecule has 8 heterocycles. The summed E-state index contributed by atoms with van der Waals surface area (Å²) in [4.78, 5) is 78.0. The summed E-state index contributed by atoms with van der Waals surface area (Å²) in [5, 5.41) is 20.3. The van der Waals surface area contributed by atoms with E-state index in [4.69, 9.17) is 51.1 Å². The Bertz CT molecular complexity index is 5780. The molecule has 4 aliphatic heterocycles. The van der Waals surface area contributed by atoms with E-state index in [1.165, 1.54) is 125 Å². The van der Waals surface area contributed by atoms with Gasteiger partial charge in [-0.05, 0) is 218 Å². The molecule has 4 saturated heterocycles. The molecule has 0 saturated carbocycles. The molecule has 29 heteroatoms. The molecular formula is C97H112Cl4N12O5S8. The normalized spacial score (nSPS) is 16.2. The van der Waals surface area contributed by atoms with Gasteiger partial charge in [-0.1, -0.05) is 221 Å². The van der Waals surface area contributed by atoms with Gasteiger partial charge < -0.3 is 26.0 Å². The number of fused-ring (bicyclic) bond motifs is 6. The number of thioether (sulfide) groups is 4. The SMILES string of the molecule is CCOc1ccc2nc(SCC(=O)NC3CCN(Cc4ccc(Cl)c(Cl)c4)CC3)sc2c1.Cc1ccc2nc(SCC(=O)NC3CCN(Cc4ccc(Cl)c(Cl)c4)CC3)sc2c1.O=C(CSc1nc2ccccc2s1)NCC1CCCN(Cc2cccc3ccccc23)C1.O=C(CSc1nc2ccccc2s1)NCC1CCCN(Cc2cccc3ccccc23)C1.[HH].[HH].[HH].[HH].[HH]. The van der Waals surface area contributed by atoms with Gasteiger partial charge in [0.05, 0.1) is 90.6 Å². The number of carbonyl (C=O) groups is 4. The minimum Gasteiger partial charge on any atom is -0.494 e. The summed E-state index contributed by atoms with van der Waals surface area (Å²) < 4.78 is 13.9. The highest BCUT2D eigenvalue weighted by Gasteiger charge is 2.27. The molecule has 0 radical (unpaired) electrons. The zero-order valence-electron chi connectivity index (χ0n) is 70.4. The Labute approximate surface area is 797 Å². The highest BCUT2D eigenvalue weighted by molar-refractivity contribution is 8.02. The van der Waals surface area contributed by atoms with E-state index in [0.29, 0.717) is 61.5 Å². The van der Waals surface area contributed by atoms with Crippen molar-refractivity contribution in [1.29, 1.82) is 0 Å². The average molecular weight is 1920 g/mol. The van der Waals surface area contributed by atoms with Crippen molar-refractivity contribution in [3.63, 3.8) is 0 Å². The van der Waals surface area contributed by atoms with Crippen LogP contribution in [0.4, 0.5) is 0 Å². The zero-order valence-corrected chi connectivity index (χ0v) is 80.0. The summed E-state index contributed by atoms with van der Waals surface area (Å²) in [5.74, 6) is 3.84. The van der Waals surface area contributed by atoms with E-state index in [9.17, 15) is 19.2 Å². The highest BCUT2D eigenvalue weighted by Crippen LogP contribution is 2.37. The molecule has 17 nitrogen and oxygen atoms in total. The number of benzene rings is 10. The molecule has 2 unspecified atom stereocenters. The van der Waals surface area contributed by atoms with Crippen molar-refractivity contribution in [3.8, 4) is 5.75 Å². The smallest absolute Gasteiger partial charge is 0.230 e. The van der Waals surface area contributed by atoms with Gasteiger partial charge in [0.25, 0.3) is 0 Å². The molecule has 4 N–H and O–H groups in total. The zero-order chi connectivity index (χ0) is 87.1. The fraction of sp³-hybridized carbons (Fsp3) is 0.340. The number of nitrogens with one attached hydrogen (secondary N) is 4. The van der Waals surface area contributed by atoms with E-state index in [2.05, 4.69) is 177 Å². The van der Waals surface area contributed by atoms with Crippen molar-refractivity contribution in [2.45, 2.75) is 121 Å². The van der Waals surface area contributed by atoms with Crippen LogP contribution < -0.4 is 26.0 Å². The molecule has 4 fully saturated rings. The Hall–Kier alpha value is -7.64. The molecule has 2 atom stereocenters. The molecule has 0 spiro atoms. The number of piperidine rings is 4. The van der Waals surface area contributed by atoms with Crippen LogP contribution in [0.1, 0.15) is 93.2 Å². The van der Waals surface area contributed by atoms with E-state index in [-0.39, 0.29) is 42.8 Å². The number of aromatic nitrogens is 4. The van der Waals surface area contributed by atoms with Crippen molar-refractivity contribution < 1.29 is 31.0 Å². The van der Waals surface area contributed by atoms with Crippen LogP contribution in [-0.2, 0) is 45.4 Å². The van der Waals surface area contributed by atoms with Gasteiger partial charge in [0.15, 0.2) is 17.4 Å². The summed E-state index contributed by atoms with van der Waals surface area (Å²) in [6.07, 6.45) is 8.53. The Morgan fingerprint density at radius 1 is 0.405 bits per heavy atom. The molecule has 18 rings (SSSR count). The van der Waals surface area contributed by atoms with Crippen molar-refractivity contribution in [1.82, 2.24) is 60.8 Å². The van der Waals surface area contributed by atoms with E-state index in [1.807, 2.05) is 104 Å². The molecule has 0 bridgehead atoms. The summed E-state index contributed by atoms with van der Waals surface area (Å²) in [5.41, 5.74) is 10.3. The van der Waals surface area contributed by atoms with Crippen LogP contribution >= 0.6 is 139 Å². The third-order valence-corrected chi connectivity index (χ3v) is 32.8. The van der Waals surface area contributed by atoms with Crippen molar-refractivity contribution in [2.24, 2.45) is 11.8 Å². The van der Waals surface area contributed by atoms with Crippen LogP contribution in [0.25, 0.3) is 62.4 Å². The maximum Gasteiger partial charge on any atom is 0.230 e. The number of carbonyl (C=O) groups excluding carboxylic acids is 4. The average Bonchev–Trinajstić information content (AvgIpc) is 1.36. The number of likely N-dealkylation sites (tertiary alicyclic amines) is 4. The number of amides is 4. The van der Waals surface area contributed by atoms with Crippen LogP contribution in [0.5, 0.6) is 5.75 Å². The van der Waals surface area contributed by atoms with E-state index >= 15 is 0 Å². The number of hydrogen-bond donors (Lipinski definition) is 4. The summed E-state index contributed by atoms with van der Waals surface area (Å²) in [7, 11) is 0. The molecule has 0 aliphatic carbocycles. The monoisotopic (exact) mass is 1920 g/mol. The second kappa shape index (κ2) is 46.8. The Morgan fingerprint density at radius 2 is 0.802 bits per heavy atom. The van der Waals surface area contributed by atoms with Crippen molar-refractivity contribution >= 4 is 225 Å². The van der Waals surface area contributed by atoms with Gasteiger partial charge in [0.1, 0.15) is 5.75 Å². The predicted molar refractivity (Wildman–Crippen MR) is 544 cm³/mol. The van der Waals surface area contributed by atoms with Gasteiger partial charge in [-0.3, -0.25) is 38.8 Å². The lowest BCUT2D eigenvalue weighted by Gasteiger charge is -2.33. The van der Waals surface area contributed by atoms with Crippen LogP contribution in [0.2, 0.25) is 20.1 Å². The number of halogens is 4. The maximum absolute atomic E-state index is 12.5. The first kappa shape index (κ1) is 93.1. The molecule has 4 aliphatic rings.